The quantitative estimate of drug-likeness (QED) is 0.214. The molecule has 0 aromatic heterocycles. The molecule has 4 aromatic rings. The average Bonchev–Trinajstić information content (AvgIpc) is 2.90. The van der Waals surface area contributed by atoms with E-state index in [-0.39, 0.29) is 11.9 Å². The highest BCUT2D eigenvalue weighted by Gasteiger charge is 2.22. The molecule has 4 rings (SSSR count). The van der Waals surface area contributed by atoms with E-state index in [1.165, 1.54) is 11.8 Å². The zero-order valence-electron chi connectivity index (χ0n) is 19.8. The van der Waals surface area contributed by atoms with Gasteiger partial charge in [0, 0.05) is 22.0 Å². The number of amides is 3. The molecule has 7 heteroatoms. The number of carbonyl (C=O) groups excluding carboxylic acids is 2. The highest BCUT2D eigenvalue weighted by molar-refractivity contribution is 8.00. The minimum atomic E-state index is -0.460. The van der Waals surface area contributed by atoms with Crippen LogP contribution in [-0.2, 0) is 4.79 Å². The first-order valence-corrected chi connectivity index (χ1v) is 12.5. The van der Waals surface area contributed by atoms with Crippen LogP contribution in [0.3, 0.4) is 0 Å². The second-order valence-electron chi connectivity index (χ2n) is 7.82. The molecule has 0 fully saturated rings. The molecule has 3 amide bonds. The predicted molar refractivity (Wildman–Crippen MR) is 147 cm³/mol. The minimum Gasteiger partial charge on any atom is -0.494 e. The van der Waals surface area contributed by atoms with Crippen molar-refractivity contribution in [1.82, 2.24) is 0 Å². The highest BCUT2D eigenvalue weighted by atomic mass is 32.2. The molecule has 0 aliphatic heterocycles. The van der Waals surface area contributed by atoms with Crippen molar-refractivity contribution < 1.29 is 14.3 Å². The molecule has 182 valence electrons. The molecule has 1 atom stereocenters. The number of hydrogen-bond donors (Lipinski definition) is 3. The predicted octanol–water partition coefficient (Wildman–Crippen LogP) is 7.20. The van der Waals surface area contributed by atoms with E-state index < -0.39 is 5.25 Å². The van der Waals surface area contributed by atoms with Crippen molar-refractivity contribution in [2.24, 2.45) is 0 Å². The van der Waals surface area contributed by atoms with Gasteiger partial charge < -0.3 is 20.7 Å². The summed E-state index contributed by atoms with van der Waals surface area (Å²) in [5, 5.41) is 8.16. The summed E-state index contributed by atoms with van der Waals surface area (Å²) in [7, 11) is 0. The molecular weight excluding hydrogens is 470 g/mol. The number of para-hydroxylation sites is 1. The molecule has 36 heavy (non-hydrogen) atoms. The Bertz CT molecular complexity index is 1260. The van der Waals surface area contributed by atoms with E-state index in [1.54, 1.807) is 0 Å². The molecule has 0 aliphatic carbocycles. The average molecular weight is 498 g/mol. The Labute approximate surface area is 215 Å². The lowest BCUT2D eigenvalue weighted by atomic mass is 10.1. The Hall–Kier alpha value is -4.23. The molecule has 0 bridgehead atoms. The third kappa shape index (κ3) is 7.13. The SMILES string of the molecule is CCOc1ccc(NC(=O)C(Sc2ccc(NC(=O)Nc3ccccc3)cc2)c2ccccc2)cc1. The molecular formula is C29H27N3O3S. The summed E-state index contributed by atoms with van der Waals surface area (Å²) >= 11 is 1.45. The van der Waals surface area contributed by atoms with E-state index >= 15 is 0 Å². The van der Waals surface area contributed by atoms with Crippen LogP contribution in [0.1, 0.15) is 17.7 Å². The monoisotopic (exact) mass is 497 g/mol. The van der Waals surface area contributed by atoms with Crippen molar-refractivity contribution in [3.63, 3.8) is 0 Å². The fourth-order valence-electron chi connectivity index (χ4n) is 3.48. The number of anilines is 3. The lowest BCUT2D eigenvalue weighted by molar-refractivity contribution is -0.115. The van der Waals surface area contributed by atoms with Crippen molar-refractivity contribution >= 4 is 40.8 Å². The van der Waals surface area contributed by atoms with Gasteiger partial charge in [-0.05, 0) is 73.2 Å². The minimum absolute atomic E-state index is 0.125. The van der Waals surface area contributed by atoms with Crippen molar-refractivity contribution in [3.8, 4) is 5.75 Å². The lowest BCUT2D eigenvalue weighted by Gasteiger charge is -2.17. The molecule has 0 aliphatic rings. The van der Waals surface area contributed by atoms with E-state index in [2.05, 4.69) is 16.0 Å². The molecule has 1 unspecified atom stereocenters. The van der Waals surface area contributed by atoms with Gasteiger partial charge in [-0.3, -0.25) is 4.79 Å². The van der Waals surface area contributed by atoms with E-state index in [0.29, 0.717) is 23.7 Å². The van der Waals surface area contributed by atoms with Crippen LogP contribution >= 0.6 is 11.8 Å². The number of nitrogens with one attached hydrogen (secondary N) is 3. The standard InChI is InChI=1S/C29H27N3O3S/c1-2-35-25-17-13-23(14-18-25)30-28(33)27(21-9-5-3-6-10-21)36-26-19-15-24(16-20-26)32-29(34)31-22-11-7-4-8-12-22/h3-20,27H,2H2,1H3,(H,30,33)(H2,31,32,34). The molecule has 0 saturated heterocycles. The third-order valence-electron chi connectivity index (χ3n) is 5.17. The van der Waals surface area contributed by atoms with Gasteiger partial charge in [0.2, 0.25) is 5.91 Å². The van der Waals surface area contributed by atoms with Gasteiger partial charge >= 0.3 is 6.03 Å². The molecule has 0 heterocycles. The summed E-state index contributed by atoms with van der Waals surface area (Å²) in [6, 6.07) is 33.3. The maximum Gasteiger partial charge on any atom is 0.323 e. The zero-order chi connectivity index (χ0) is 25.2. The normalized spacial score (nSPS) is 11.2. The summed E-state index contributed by atoms with van der Waals surface area (Å²) in [5.74, 6) is 0.635. The number of thioether (sulfide) groups is 1. The van der Waals surface area contributed by atoms with Gasteiger partial charge in [-0.15, -0.1) is 11.8 Å². The first kappa shape index (κ1) is 24.9. The Morgan fingerprint density at radius 3 is 1.83 bits per heavy atom. The molecule has 4 aromatic carbocycles. The number of ether oxygens (including phenoxy) is 1. The lowest BCUT2D eigenvalue weighted by Crippen LogP contribution is -2.19. The summed E-state index contributed by atoms with van der Waals surface area (Å²) < 4.78 is 5.48. The summed E-state index contributed by atoms with van der Waals surface area (Å²) in [6.07, 6.45) is 0. The van der Waals surface area contributed by atoms with Gasteiger partial charge in [0.1, 0.15) is 11.0 Å². The van der Waals surface area contributed by atoms with Crippen LogP contribution in [0.5, 0.6) is 5.75 Å². The van der Waals surface area contributed by atoms with Crippen molar-refractivity contribution in [2.45, 2.75) is 17.1 Å². The number of benzene rings is 4. The maximum atomic E-state index is 13.3. The van der Waals surface area contributed by atoms with E-state index in [4.69, 9.17) is 4.74 Å². The van der Waals surface area contributed by atoms with Crippen LogP contribution in [0.25, 0.3) is 0 Å². The van der Waals surface area contributed by atoms with Crippen molar-refractivity contribution in [2.75, 3.05) is 22.6 Å². The first-order valence-electron chi connectivity index (χ1n) is 11.6. The number of urea groups is 1. The molecule has 6 nitrogen and oxygen atoms in total. The first-order chi connectivity index (χ1) is 17.6. The molecule has 3 N–H and O–H groups in total. The number of carbonyl (C=O) groups is 2. The van der Waals surface area contributed by atoms with Crippen LogP contribution in [0.2, 0.25) is 0 Å². The third-order valence-corrected chi connectivity index (χ3v) is 6.44. The zero-order valence-corrected chi connectivity index (χ0v) is 20.6. The van der Waals surface area contributed by atoms with Crippen LogP contribution in [0.15, 0.2) is 114 Å². The molecule has 0 radical (unpaired) electrons. The summed E-state index contributed by atoms with van der Waals surface area (Å²) in [4.78, 5) is 26.4. The highest BCUT2D eigenvalue weighted by Crippen LogP contribution is 2.36. The fraction of sp³-hybridized carbons (Fsp3) is 0.103. The van der Waals surface area contributed by atoms with Crippen molar-refractivity contribution in [3.05, 3.63) is 115 Å². The Balaban J connectivity index is 1.43. The van der Waals surface area contributed by atoms with E-state index in [1.807, 2.05) is 116 Å². The van der Waals surface area contributed by atoms with Gasteiger partial charge in [-0.25, -0.2) is 4.79 Å². The summed E-state index contributed by atoms with van der Waals surface area (Å²) in [6.45, 7) is 2.52. The van der Waals surface area contributed by atoms with E-state index in [0.717, 1.165) is 16.2 Å². The summed E-state index contributed by atoms with van der Waals surface area (Å²) in [5.41, 5.74) is 2.97. The van der Waals surface area contributed by atoms with Crippen LogP contribution in [0, 0.1) is 0 Å². The Kier molecular flexibility index (Phi) is 8.62. The fourth-order valence-corrected chi connectivity index (χ4v) is 4.50. The largest absolute Gasteiger partial charge is 0.494 e. The van der Waals surface area contributed by atoms with Gasteiger partial charge in [0.15, 0.2) is 0 Å². The Morgan fingerprint density at radius 1 is 0.694 bits per heavy atom. The van der Waals surface area contributed by atoms with Crippen molar-refractivity contribution in [1.29, 1.82) is 0 Å². The number of hydrogen-bond acceptors (Lipinski definition) is 4. The second-order valence-corrected chi connectivity index (χ2v) is 9.00. The van der Waals surface area contributed by atoms with Crippen LogP contribution < -0.4 is 20.7 Å². The molecule has 0 spiro atoms. The van der Waals surface area contributed by atoms with Gasteiger partial charge in [-0.1, -0.05) is 48.5 Å². The van der Waals surface area contributed by atoms with Crippen LogP contribution in [0.4, 0.5) is 21.9 Å². The number of rotatable bonds is 9. The Morgan fingerprint density at radius 2 is 1.22 bits per heavy atom. The second kappa shape index (κ2) is 12.5. The van der Waals surface area contributed by atoms with Crippen LogP contribution in [-0.4, -0.2) is 18.5 Å². The van der Waals surface area contributed by atoms with Gasteiger partial charge in [0.25, 0.3) is 0 Å². The molecule has 0 saturated carbocycles. The topological polar surface area (TPSA) is 79.5 Å². The van der Waals surface area contributed by atoms with Gasteiger partial charge in [0.05, 0.1) is 6.61 Å². The van der Waals surface area contributed by atoms with E-state index in [9.17, 15) is 9.59 Å². The van der Waals surface area contributed by atoms with Gasteiger partial charge in [-0.2, -0.15) is 0 Å². The maximum absolute atomic E-state index is 13.3. The smallest absolute Gasteiger partial charge is 0.323 e.